The van der Waals surface area contributed by atoms with Crippen molar-refractivity contribution in [2.75, 3.05) is 6.54 Å². The minimum atomic E-state index is -0.480. The fraction of sp³-hybridized carbons (Fsp3) is 0.400. The molecule has 0 spiro atoms. The van der Waals surface area contributed by atoms with Crippen LogP contribution in [-0.2, 0) is 0 Å². The Kier molecular flexibility index (Phi) is 2.90. The third-order valence-electron chi connectivity index (χ3n) is 4.14. The van der Waals surface area contributed by atoms with Crippen LogP contribution in [0, 0.1) is 11.2 Å². The summed E-state index contributed by atoms with van der Waals surface area (Å²) in [4.78, 5) is 12.6. The van der Waals surface area contributed by atoms with E-state index in [0.717, 1.165) is 25.7 Å². The highest BCUT2D eigenvalue weighted by Gasteiger charge is 2.41. The van der Waals surface area contributed by atoms with Crippen LogP contribution >= 0.6 is 0 Å². The summed E-state index contributed by atoms with van der Waals surface area (Å²) in [5.41, 5.74) is 5.86. The molecule has 3 nitrogen and oxygen atoms in total. The highest BCUT2D eigenvalue weighted by molar-refractivity contribution is 6.01. The monoisotopic (exact) mass is 261 g/mol. The second-order valence-electron chi connectivity index (χ2n) is 5.31. The Balaban J connectivity index is 2.01. The molecule has 0 unspecified atom stereocenters. The number of halogens is 1. The van der Waals surface area contributed by atoms with Crippen molar-refractivity contribution in [2.24, 2.45) is 11.1 Å². The molecule has 0 amide bonds. The molecule has 0 radical (unpaired) electrons. The molecular weight excluding hydrogens is 245 g/mol. The lowest BCUT2D eigenvalue weighted by molar-refractivity contribution is 0.0781. The molecule has 0 saturated heterocycles. The molecule has 1 aromatic carbocycles. The van der Waals surface area contributed by atoms with E-state index in [1.54, 1.807) is 12.1 Å². The number of fused-ring (bicyclic) bond motifs is 1. The number of Topliss-reactive ketones (excluding diaryl/α,β-unsaturated/α-hetero) is 1. The summed E-state index contributed by atoms with van der Waals surface area (Å²) in [5.74, 6) is -0.0706. The van der Waals surface area contributed by atoms with Crippen molar-refractivity contribution in [3.05, 3.63) is 35.8 Å². The van der Waals surface area contributed by atoms with Crippen molar-refractivity contribution in [3.63, 3.8) is 0 Å². The molecular formula is C15H16FNO2. The van der Waals surface area contributed by atoms with Gasteiger partial charge in [0.25, 0.3) is 0 Å². The molecule has 4 heteroatoms. The number of furan rings is 1. The van der Waals surface area contributed by atoms with Crippen LogP contribution in [0.1, 0.15) is 36.2 Å². The largest absolute Gasteiger partial charge is 0.453 e. The van der Waals surface area contributed by atoms with E-state index in [-0.39, 0.29) is 11.6 Å². The number of hydrogen-bond donors (Lipinski definition) is 1. The predicted molar refractivity (Wildman–Crippen MR) is 70.5 cm³/mol. The molecule has 1 fully saturated rings. The van der Waals surface area contributed by atoms with Crippen molar-refractivity contribution in [1.29, 1.82) is 0 Å². The highest BCUT2D eigenvalue weighted by atomic mass is 19.1. The van der Waals surface area contributed by atoms with Gasteiger partial charge in [-0.25, -0.2) is 4.39 Å². The van der Waals surface area contributed by atoms with Gasteiger partial charge in [-0.3, -0.25) is 4.79 Å². The summed E-state index contributed by atoms with van der Waals surface area (Å²) in [7, 11) is 0. The van der Waals surface area contributed by atoms with E-state index >= 15 is 0 Å². The van der Waals surface area contributed by atoms with Gasteiger partial charge in [-0.2, -0.15) is 0 Å². The molecule has 0 atom stereocenters. The number of hydrogen-bond acceptors (Lipinski definition) is 3. The van der Waals surface area contributed by atoms with Gasteiger partial charge >= 0.3 is 0 Å². The fourth-order valence-corrected chi connectivity index (χ4v) is 2.96. The van der Waals surface area contributed by atoms with Crippen molar-refractivity contribution in [2.45, 2.75) is 25.7 Å². The van der Waals surface area contributed by atoms with E-state index in [4.69, 9.17) is 10.2 Å². The first-order chi connectivity index (χ1) is 9.14. The quantitative estimate of drug-likeness (QED) is 0.863. The van der Waals surface area contributed by atoms with Gasteiger partial charge < -0.3 is 10.2 Å². The third-order valence-corrected chi connectivity index (χ3v) is 4.14. The average Bonchev–Trinajstić information content (AvgIpc) is 3.04. The zero-order valence-corrected chi connectivity index (χ0v) is 10.6. The van der Waals surface area contributed by atoms with Gasteiger partial charge in [0.2, 0.25) is 5.78 Å². The van der Waals surface area contributed by atoms with Crippen LogP contribution in [-0.4, -0.2) is 12.3 Å². The number of ketones is 1. The van der Waals surface area contributed by atoms with E-state index in [2.05, 4.69) is 0 Å². The predicted octanol–water partition coefficient (Wildman–Crippen LogP) is 3.27. The van der Waals surface area contributed by atoms with Crippen molar-refractivity contribution in [3.8, 4) is 0 Å². The standard InChI is InChI=1S/C15H16FNO2/c16-11-3-4-12-10(7-11)8-13(19-12)14(18)15(9-17)5-1-2-6-15/h3-4,7-8H,1-2,5-6,9,17H2. The molecule has 3 rings (SSSR count). The maximum absolute atomic E-state index is 13.1. The number of carbonyl (C=O) groups excluding carboxylic acids is 1. The van der Waals surface area contributed by atoms with Crippen LogP contribution in [0.15, 0.2) is 28.7 Å². The Morgan fingerprint density at radius 3 is 2.74 bits per heavy atom. The molecule has 1 aliphatic carbocycles. The normalized spacial score (nSPS) is 18.0. The first kappa shape index (κ1) is 12.4. The molecule has 2 aromatic rings. The first-order valence-corrected chi connectivity index (χ1v) is 6.59. The minimum absolute atomic E-state index is 0.0379. The fourth-order valence-electron chi connectivity index (χ4n) is 2.96. The second-order valence-corrected chi connectivity index (χ2v) is 5.31. The van der Waals surface area contributed by atoms with E-state index in [1.165, 1.54) is 12.1 Å². The summed E-state index contributed by atoms with van der Waals surface area (Å²) < 4.78 is 18.7. The molecule has 2 N–H and O–H groups in total. The van der Waals surface area contributed by atoms with E-state index in [9.17, 15) is 9.18 Å². The molecule has 100 valence electrons. The number of rotatable bonds is 3. The van der Waals surface area contributed by atoms with E-state index < -0.39 is 5.41 Å². The Labute approximate surface area is 110 Å². The van der Waals surface area contributed by atoms with Crippen LogP contribution in [0.4, 0.5) is 4.39 Å². The van der Waals surface area contributed by atoms with Gasteiger partial charge in [-0.05, 0) is 37.1 Å². The summed E-state index contributed by atoms with van der Waals surface area (Å²) in [6, 6.07) is 5.87. The summed E-state index contributed by atoms with van der Waals surface area (Å²) in [6.07, 6.45) is 3.68. The van der Waals surface area contributed by atoms with Crippen molar-refractivity contribution >= 4 is 16.8 Å². The van der Waals surface area contributed by atoms with Crippen LogP contribution in [0.25, 0.3) is 11.0 Å². The lowest BCUT2D eigenvalue weighted by Crippen LogP contribution is -2.35. The molecule has 1 heterocycles. The number of carbonyl (C=O) groups is 1. The zero-order valence-electron chi connectivity index (χ0n) is 10.6. The van der Waals surface area contributed by atoms with Gasteiger partial charge in [0.05, 0.1) is 0 Å². The van der Waals surface area contributed by atoms with Crippen LogP contribution in [0.3, 0.4) is 0 Å². The van der Waals surface area contributed by atoms with Crippen LogP contribution < -0.4 is 5.73 Å². The summed E-state index contributed by atoms with van der Waals surface area (Å²) in [6.45, 7) is 0.344. The van der Waals surface area contributed by atoms with E-state index in [1.807, 2.05) is 0 Å². The molecule has 1 saturated carbocycles. The third kappa shape index (κ3) is 1.96. The van der Waals surface area contributed by atoms with Crippen LogP contribution in [0.5, 0.6) is 0 Å². The maximum atomic E-state index is 13.1. The Morgan fingerprint density at radius 2 is 2.05 bits per heavy atom. The Morgan fingerprint density at radius 1 is 1.32 bits per heavy atom. The van der Waals surface area contributed by atoms with Gasteiger partial charge in [0.1, 0.15) is 11.4 Å². The van der Waals surface area contributed by atoms with Gasteiger partial charge in [-0.1, -0.05) is 12.8 Å². The Hall–Kier alpha value is -1.68. The van der Waals surface area contributed by atoms with Crippen molar-refractivity contribution in [1.82, 2.24) is 0 Å². The average molecular weight is 261 g/mol. The molecule has 0 bridgehead atoms. The highest BCUT2D eigenvalue weighted by Crippen LogP contribution is 2.40. The zero-order chi connectivity index (χ0) is 13.5. The minimum Gasteiger partial charge on any atom is -0.453 e. The topological polar surface area (TPSA) is 56.2 Å². The van der Waals surface area contributed by atoms with Crippen LogP contribution in [0.2, 0.25) is 0 Å². The van der Waals surface area contributed by atoms with E-state index in [0.29, 0.717) is 23.3 Å². The first-order valence-electron chi connectivity index (χ1n) is 6.59. The maximum Gasteiger partial charge on any atom is 0.205 e. The second kappa shape index (κ2) is 4.46. The molecule has 1 aliphatic rings. The SMILES string of the molecule is NCC1(C(=O)c2cc3cc(F)ccc3o2)CCCC1. The summed E-state index contributed by atoms with van der Waals surface area (Å²) >= 11 is 0. The lowest BCUT2D eigenvalue weighted by atomic mass is 9.80. The molecule has 19 heavy (non-hydrogen) atoms. The van der Waals surface area contributed by atoms with Gasteiger partial charge in [0, 0.05) is 17.3 Å². The van der Waals surface area contributed by atoms with Gasteiger partial charge in [0.15, 0.2) is 5.76 Å². The smallest absolute Gasteiger partial charge is 0.205 e. The molecule has 0 aliphatic heterocycles. The number of benzene rings is 1. The van der Waals surface area contributed by atoms with Crippen molar-refractivity contribution < 1.29 is 13.6 Å². The lowest BCUT2D eigenvalue weighted by Gasteiger charge is -2.23. The van der Waals surface area contributed by atoms with Gasteiger partial charge in [-0.15, -0.1) is 0 Å². The summed E-state index contributed by atoms with van der Waals surface area (Å²) in [5, 5.41) is 0.619. The number of nitrogens with two attached hydrogens (primary N) is 1. The Bertz CT molecular complexity index is 626. The molecule has 1 aromatic heterocycles.